The Kier molecular flexibility index (Phi) is 5.04. The first-order valence-electron chi connectivity index (χ1n) is 10.5. The van der Waals surface area contributed by atoms with Gasteiger partial charge in [0.25, 0.3) is 5.91 Å². The van der Waals surface area contributed by atoms with Crippen molar-refractivity contribution in [3.8, 4) is 0 Å². The highest BCUT2D eigenvalue weighted by Crippen LogP contribution is 2.20. The second-order valence-corrected chi connectivity index (χ2v) is 7.74. The van der Waals surface area contributed by atoms with Crippen LogP contribution >= 0.6 is 0 Å². The van der Waals surface area contributed by atoms with Crippen molar-refractivity contribution < 1.29 is 9.21 Å². The van der Waals surface area contributed by atoms with Crippen molar-refractivity contribution in [2.24, 2.45) is 0 Å². The van der Waals surface area contributed by atoms with Gasteiger partial charge in [0.2, 0.25) is 0 Å². The third kappa shape index (κ3) is 3.84. The average molecular weight is 413 g/mol. The smallest absolute Gasteiger partial charge is 0.408 e. The molecule has 1 aliphatic heterocycles. The van der Waals surface area contributed by atoms with Crippen LogP contribution in [0.25, 0.3) is 11.1 Å². The monoisotopic (exact) mass is 413 g/mol. The van der Waals surface area contributed by atoms with Gasteiger partial charge in [0.15, 0.2) is 5.58 Å². The van der Waals surface area contributed by atoms with Crippen LogP contribution in [0, 0.1) is 0 Å². The Morgan fingerprint density at radius 3 is 2.23 bits per heavy atom. The maximum Gasteiger partial charge on any atom is 0.420 e. The molecule has 156 valence electrons. The lowest BCUT2D eigenvalue weighted by Gasteiger charge is -2.36. The van der Waals surface area contributed by atoms with Crippen molar-refractivity contribution in [2.45, 2.75) is 6.54 Å². The fourth-order valence-electron chi connectivity index (χ4n) is 4.10. The summed E-state index contributed by atoms with van der Waals surface area (Å²) in [5, 5.41) is 0. The van der Waals surface area contributed by atoms with Crippen molar-refractivity contribution in [3.05, 3.63) is 101 Å². The quantitative estimate of drug-likeness (QED) is 0.513. The molecule has 0 unspecified atom stereocenters. The van der Waals surface area contributed by atoms with Crippen molar-refractivity contribution in [1.82, 2.24) is 9.47 Å². The number of hydrogen-bond donors (Lipinski definition) is 0. The van der Waals surface area contributed by atoms with Gasteiger partial charge < -0.3 is 14.2 Å². The lowest BCUT2D eigenvalue weighted by molar-refractivity contribution is 0.0747. The molecule has 1 aromatic heterocycles. The van der Waals surface area contributed by atoms with Gasteiger partial charge in [-0.2, -0.15) is 0 Å². The fraction of sp³-hybridized carbons (Fsp3) is 0.200. The molecule has 0 aliphatic carbocycles. The molecule has 0 atom stereocenters. The maximum absolute atomic E-state index is 13.2. The summed E-state index contributed by atoms with van der Waals surface area (Å²) in [7, 11) is 0. The molecule has 3 aromatic carbocycles. The summed E-state index contributed by atoms with van der Waals surface area (Å²) in [5.41, 5.74) is 3.89. The lowest BCUT2D eigenvalue weighted by Crippen LogP contribution is -2.48. The molecule has 2 heterocycles. The molecule has 1 saturated heterocycles. The highest BCUT2D eigenvalue weighted by atomic mass is 16.4. The normalized spacial score (nSPS) is 14.2. The highest BCUT2D eigenvalue weighted by Gasteiger charge is 2.23. The first-order valence-corrected chi connectivity index (χ1v) is 10.5. The van der Waals surface area contributed by atoms with Gasteiger partial charge in [0, 0.05) is 37.4 Å². The zero-order chi connectivity index (χ0) is 21.2. The first kappa shape index (κ1) is 19.2. The van der Waals surface area contributed by atoms with Gasteiger partial charge in [-0.25, -0.2) is 4.79 Å². The Balaban J connectivity index is 1.36. The number of carbonyl (C=O) groups excluding carboxylic acids is 1. The lowest BCUT2D eigenvalue weighted by atomic mass is 10.1. The summed E-state index contributed by atoms with van der Waals surface area (Å²) in [4.78, 5) is 29.7. The number of fused-ring (bicyclic) bond motifs is 1. The van der Waals surface area contributed by atoms with E-state index >= 15 is 0 Å². The van der Waals surface area contributed by atoms with E-state index in [0.717, 1.165) is 18.7 Å². The summed E-state index contributed by atoms with van der Waals surface area (Å²) in [5.74, 6) is -0.436. The van der Waals surface area contributed by atoms with Crippen LogP contribution in [-0.4, -0.2) is 41.6 Å². The second-order valence-electron chi connectivity index (χ2n) is 7.74. The van der Waals surface area contributed by atoms with Gasteiger partial charge >= 0.3 is 5.76 Å². The topological polar surface area (TPSA) is 58.7 Å². The van der Waals surface area contributed by atoms with Crippen LogP contribution in [0.4, 0.5) is 5.69 Å². The van der Waals surface area contributed by atoms with Crippen molar-refractivity contribution in [2.75, 3.05) is 31.1 Å². The van der Waals surface area contributed by atoms with Crippen LogP contribution in [0.15, 0.2) is 88.1 Å². The Bertz CT molecular complexity index is 1250. The van der Waals surface area contributed by atoms with E-state index in [0.29, 0.717) is 36.3 Å². The minimum atomic E-state index is -0.417. The maximum atomic E-state index is 13.2. The summed E-state index contributed by atoms with van der Waals surface area (Å²) in [6.45, 7) is 3.31. The molecule has 4 aromatic rings. The van der Waals surface area contributed by atoms with Gasteiger partial charge in [0.05, 0.1) is 12.1 Å². The van der Waals surface area contributed by atoms with Crippen LogP contribution in [-0.2, 0) is 6.54 Å². The Morgan fingerprint density at radius 2 is 1.52 bits per heavy atom. The van der Waals surface area contributed by atoms with E-state index in [4.69, 9.17) is 4.42 Å². The number of hydrogen-bond acceptors (Lipinski definition) is 4. The fourth-order valence-corrected chi connectivity index (χ4v) is 4.10. The van der Waals surface area contributed by atoms with Crippen molar-refractivity contribution >= 4 is 22.7 Å². The number of aromatic nitrogens is 1. The summed E-state index contributed by atoms with van der Waals surface area (Å²) < 4.78 is 6.97. The number of oxazole rings is 1. The molecule has 31 heavy (non-hydrogen) atoms. The number of piperazine rings is 1. The van der Waals surface area contributed by atoms with Gasteiger partial charge in [-0.15, -0.1) is 0 Å². The number of para-hydroxylation sites is 1. The number of anilines is 1. The number of benzene rings is 3. The van der Waals surface area contributed by atoms with Gasteiger partial charge in [-0.3, -0.25) is 9.36 Å². The minimum absolute atomic E-state index is 0.0190. The molecule has 1 aliphatic rings. The third-order valence-electron chi connectivity index (χ3n) is 5.79. The van der Waals surface area contributed by atoms with Crippen LogP contribution in [0.3, 0.4) is 0 Å². The molecule has 5 rings (SSSR count). The van der Waals surface area contributed by atoms with Crippen molar-refractivity contribution in [3.63, 3.8) is 0 Å². The Hall–Kier alpha value is -3.80. The van der Waals surface area contributed by atoms with E-state index in [-0.39, 0.29) is 5.91 Å². The summed E-state index contributed by atoms with van der Waals surface area (Å²) in [6.07, 6.45) is 0. The molecule has 0 bridgehead atoms. The van der Waals surface area contributed by atoms with Gasteiger partial charge in [-0.1, -0.05) is 48.5 Å². The molecular weight excluding hydrogens is 390 g/mol. The predicted molar refractivity (Wildman–Crippen MR) is 121 cm³/mol. The van der Waals surface area contributed by atoms with Crippen molar-refractivity contribution in [1.29, 1.82) is 0 Å². The van der Waals surface area contributed by atoms with E-state index in [1.807, 2.05) is 53.4 Å². The van der Waals surface area contributed by atoms with E-state index in [9.17, 15) is 9.59 Å². The van der Waals surface area contributed by atoms with Crippen LogP contribution in [0.5, 0.6) is 0 Å². The SMILES string of the molecule is O=C(c1ccc2oc(=O)n(Cc3ccccc3)c2c1)N1CCN(c2ccccc2)CC1. The average Bonchev–Trinajstić information content (AvgIpc) is 3.14. The van der Waals surface area contributed by atoms with E-state index in [1.54, 1.807) is 22.8 Å². The van der Waals surface area contributed by atoms with E-state index < -0.39 is 5.76 Å². The molecular formula is C25H23N3O3. The molecule has 1 amide bonds. The van der Waals surface area contributed by atoms with Crippen LogP contribution in [0.2, 0.25) is 0 Å². The molecule has 6 heteroatoms. The zero-order valence-corrected chi connectivity index (χ0v) is 17.1. The Morgan fingerprint density at radius 1 is 0.839 bits per heavy atom. The molecule has 1 fully saturated rings. The molecule has 0 spiro atoms. The first-order chi connectivity index (χ1) is 15.2. The van der Waals surface area contributed by atoms with E-state index in [1.165, 1.54) is 5.69 Å². The number of carbonyl (C=O) groups is 1. The van der Waals surface area contributed by atoms with Crippen LogP contribution in [0.1, 0.15) is 15.9 Å². The molecule has 0 radical (unpaired) electrons. The summed E-state index contributed by atoms with van der Waals surface area (Å²) >= 11 is 0. The summed E-state index contributed by atoms with van der Waals surface area (Å²) in [6, 6.07) is 25.2. The largest absolute Gasteiger partial charge is 0.420 e. The minimum Gasteiger partial charge on any atom is -0.408 e. The highest BCUT2D eigenvalue weighted by molar-refractivity contribution is 5.97. The third-order valence-corrected chi connectivity index (χ3v) is 5.79. The standard InChI is InChI=1S/C25H23N3O3/c29-24(27-15-13-26(14-16-27)21-9-5-2-6-10-21)20-11-12-23-22(17-20)28(25(30)31-23)18-19-7-3-1-4-8-19/h1-12,17H,13-16,18H2. The number of amides is 1. The number of rotatable bonds is 4. The second kappa shape index (κ2) is 8.14. The predicted octanol–water partition coefficient (Wildman–Crippen LogP) is 3.61. The Labute approximate surface area is 179 Å². The van der Waals surface area contributed by atoms with Gasteiger partial charge in [-0.05, 0) is 35.9 Å². The van der Waals surface area contributed by atoms with Crippen LogP contribution < -0.4 is 10.7 Å². The number of nitrogens with zero attached hydrogens (tertiary/aromatic N) is 3. The zero-order valence-electron chi connectivity index (χ0n) is 17.1. The molecule has 0 N–H and O–H groups in total. The molecule has 6 nitrogen and oxygen atoms in total. The molecule has 0 saturated carbocycles. The van der Waals surface area contributed by atoms with E-state index in [2.05, 4.69) is 17.0 Å². The van der Waals surface area contributed by atoms with Gasteiger partial charge in [0.1, 0.15) is 0 Å².